The highest BCUT2D eigenvalue weighted by molar-refractivity contribution is 14.1. The monoisotopic (exact) mass is 611 g/mol. The number of ether oxygens (including phenoxy) is 1. The van der Waals surface area contributed by atoms with Crippen LogP contribution in [0.25, 0.3) is 0 Å². The third kappa shape index (κ3) is 7.51. The lowest BCUT2D eigenvalue weighted by Crippen LogP contribution is -2.32. The molecule has 0 saturated carbocycles. The number of hydrogen-bond donors (Lipinski definition) is 3. The number of nitrogens with one attached hydrogen (secondary N) is 2. The molecule has 0 aliphatic rings. The summed E-state index contributed by atoms with van der Waals surface area (Å²) in [7, 11) is 2.13. The minimum absolute atomic E-state index is 0.242. The summed E-state index contributed by atoms with van der Waals surface area (Å²) < 4.78 is 49.4. The first-order valence-corrected chi connectivity index (χ1v) is 10.9. The van der Waals surface area contributed by atoms with Gasteiger partial charge in [-0.05, 0) is 46.9 Å². The number of esters is 1. The van der Waals surface area contributed by atoms with E-state index in [-0.39, 0.29) is 12.3 Å². The van der Waals surface area contributed by atoms with Crippen molar-refractivity contribution in [1.82, 2.24) is 10.5 Å². The second-order valence-electron chi connectivity index (χ2n) is 6.70. The van der Waals surface area contributed by atoms with Crippen LogP contribution in [0.3, 0.4) is 0 Å². The van der Waals surface area contributed by atoms with Crippen molar-refractivity contribution in [3.8, 4) is 0 Å². The van der Waals surface area contributed by atoms with E-state index in [9.17, 15) is 23.2 Å². The van der Waals surface area contributed by atoms with E-state index in [1.165, 1.54) is 12.1 Å². The highest BCUT2D eigenvalue weighted by atomic mass is 127. The predicted octanol–water partition coefficient (Wildman–Crippen LogP) is 2.56. The van der Waals surface area contributed by atoms with Gasteiger partial charge in [-0.2, -0.15) is 0 Å². The van der Waals surface area contributed by atoms with Gasteiger partial charge < -0.3 is 15.2 Å². The SMILES string of the molecule is COC(=O)CC(=O)N(Cc1cc(C(=O)NOCCO)c(Nc2ccc(I)cc2F)c(F)c1F)OC. The maximum absolute atomic E-state index is 15.1. The van der Waals surface area contributed by atoms with Gasteiger partial charge in [-0.25, -0.2) is 23.7 Å². The summed E-state index contributed by atoms with van der Waals surface area (Å²) >= 11 is 1.86. The summed E-state index contributed by atoms with van der Waals surface area (Å²) in [5, 5.41) is 11.8. The largest absolute Gasteiger partial charge is 0.469 e. The van der Waals surface area contributed by atoms with Crippen molar-refractivity contribution in [3.05, 3.63) is 56.4 Å². The van der Waals surface area contributed by atoms with Gasteiger partial charge in [0.2, 0.25) is 0 Å². The molecule has 0 radical (unpaired) electrons. The molecule has 0 aliphatic heterocycles. The molecule has 35 heavy (non-hydrogen) atoms. The van der Waals surface area contributed by atoms with Gasteiger partial charge in [-0.15, -0.1) is 0 Å². The van der Waals surface area contributed by atoms with Crippen LogP contribution >= 0.6 is 22.6 Å². The molecule has 0 aromatic heterocycles. The number of rotatable bonds is 11. The molecular formula is C21H21F3IN3O7. The Hall–Kier alpha value is -2.95. The summed E-state index contributed by atoms with van der Waals surface area (Å²) in [6.07, 6.45) is -0.734. The van der Waals surface area contributed by atoms with Gasteiger partial charge in [0.1, 0.15) is 12.2 Å². The molecule has 190 valence electrons. The number of hydrogen-bond acceptors (Lipinski definition) is 8. The van der Waals surface area contributed by atoms with Crippen molar-refractivity contribution in [2.45, 2.75) is 13.0 Å². The van der Waals surface area contributed by atoms with E-state index >= 15 is 4.39 Å². The van der Waals surface area contributed by atoms with Gasteiger partial charge in [-0.1, -0.05) is 0 Å². The first-order valence-electron chi connectivity index (χ1n) is 9.80. The average Bonchev–Trinajstić information content (AvgIpc) is 2.82. The fourth-order valence-electron chi connectivity index (χ4n) is 2.73. The zero-order valence-electron chi connectivity index (χ0n) is 18.5. The predicted molar refractivity (Wildman–Crippen MR) is 123 cm³/mol. The number of methoxy groups -OCH3 is 1. The van der Waals surface area contributed by atoms with Crippen molar-refractivity contribution in [2.75, 3.05) is 32.8 Å². The van der Waals surface area contributed by atoms with Crippen molar-refractivity contribution in [2.24, 2.45) is 0 Å². The van der Waals surface area contributed by atoms with Gasteiger partial charge in [0.25, 0.3) is 11.8 Å². The molecule has 0 spiro atoms. The van der Waals surface area contributed by atoms with Crippen molar-refractivity contribution >= 4 is 51.7 Å². The number of carbonyl (C=O) groups excluding carboxylic acids is 3. The first-order chi connectivity index (χ1) is 16.6. The van der Waals surface area contributed by atoms with E-state index in [1.807, 2.05) is 28.1 Å². The molecule has 0 fully saturated rings. The van der Waals surface area contributed by atoms with E-state index in [1.54, 1.807) is 0 Å². The smallest absolute Gasteiger partial charge is 0.315 e. The van der Waals surface area contributed by atoms with Crippen LogP contribution in [0.2, 0.25) is 0 Å². The van der Waals surface area contributed by atoms with Gasteiger partial charge in [0.05, 0.1) is 50.9 Å². The number of anilines is 2. The van der Waals surface area contributed by atoms with Gasteiger partial charge in [-0.3, -0.25) is 24.1 Å². The van der Waals surface area contributed by atoms with Crippen LogP contribution < -0.4 is 10.8 Å². The Morgan fingerprint density at radius 2 is 1.83 bits per heavy atom. The summed E-state index contributed by atoms with van der Waals surface area (Å²) in [4.78, 5) is 45.8. The molecule has 0 unspecified atom stereocenters. The van der Waals surface area contributed by atoms with E-state index in [4.69, 9.17) is 14.8 Å². The fourth-order valence-corrected chi connectivity index (χ4v) is 3.18. The van der Waals surface area contributed by atoms with Gasteiger partial charge >= 0.3 is 5.97 Å². The number of nitrogens with zero attached hydrogens (tertiary/aromatic N) is 1. The molecule has 3 N–H and O–H groups in total. The van der Waals surface area contributed by atoms with Crippen molar-refractivity contribution in [3.63, 3.8) is 0 Å². The number of halogens is 4. The van der Waals surface area contributed by atoms with Crippen LogP contribution in [0, 0.1) is 21.0 Å². The molecule has 14 heteroatoms. The quantitative estimate of drug-likeness (QED) is 0.117. The fraction of sp³-hybridized carbons (Fsp3) is 0.286. The molecule has 2 aromatic rings. The van der Waals surface area contributed by atoms with Crippen LogP contribution in [-0.4, -0.2) is 55.4 Å². The summed E-state index contributed by atoms with van der Waals surface area (Å²) in [6, 6.07) is 4.81. The zero-order chi connectivity index (χ0) is 26.1. The second kappa shape index (κ2) is 13.2. The third-order valence-electron chi connectivity index (χ3n) is 4.41. The Morgan fingerprint density at radius 3 is 2.43 bits per heavy atom. The van der Waals surface area contributed by atoms with Crippen LogP contribution in [0.5, 0.6) is 0 Å². The Kier molecular flexibility index (Phi) is 10.7. The average molecular weight is 611 g/mol. The Labute approximate surface area is 211 Å². The number of aliphatic hydroxyl groups excluding tert-OH is 1. The molecule has 0 saturated heterocycles. The lowest BCUT2D eigenvalue weighted by Gasteiger charge is -2.21. The minimum atomic E-state index is -1.55. The van der Waals surface area contributed by atoms with E-state index in [2.05, 4.69) is 10.1 Å². The summed E-state index contributed by atoms with van der Waals surface area (Å²) in [5.74, 6) is -6.66. The summed E-state index contributed by atoms with van der Waals surface area (Å²) in [6.45, 7) is -1.42. The molecule has 2 aromatic carbocycles. The highest BCUT2D eigenvalue weighted by Crippen LogP contribution is 2.31. The van der Waals surface area contributed by atoms with Gasteiger partial charge in [0.15, 0.2) is 11.6 Å². The lowest BCUT2D eigenvalue weighted by molar-refractivity contribution is -0.181. The maximum atomic E-state index is 15.1. The Bertz CT molecular complexity index is 1100. The molecule has 0 aliphatic carbocycles. The van der Waals surface area contributed by atoms with E-state index < -0.39 is 71.6 Å². The zero-order valence-corrected chi connectivity index (χ0v) is 20.7. The van der Waals surface area contributed by atoms with E-state index in [0.29, 0.717) is 8.63 Å². The number of aliphatic hydroxyl groups is 1. The highest BCUT2D eigenvalue weighted by Gasteiger charge is 2.27. The maximum Gasteiger partial charge on any atom is 0.315 e. The van der Waals surface area contributed by atoms with Crippen LogP contribution in [0.4, 0.5) is 24.5 Å². The van der Waals surface area contributed by atoms with Crippen LogP contribution in [0.1, 0.15) is 22.3 Å². The minimum Gasteiger partial charge on any atom is -0.469 e. The molecule has 0 atom stereocenters. The van der Waals surface area contributed by atoms with Crippen LogP contribution in [0.15, 0.2) is 24.3 Å². The normalized spacial score (nSPS) is 10.6. The molecule has 0 heterocycles. The Balaban J connectivity index is 2.50. The first kappa shape index (κ1) is 28.3. The summed E-state index contributed by atoms with van der Waals surface area (Å²) in [5.41, 5.74) is -0.00255. The third-order valence-corrected chi connectivity index (χ3v) is 5.08. The number of hydroxylamine groups is 3. The molecular weight excluding hydrogens is 590 g/mol. The molecule has 2 rings (SSSR count). The number of benzene rings is 2. The van der Waals surface area contributed by atoms with E-state index in [0.717, 1.165) is 26.4 Å². The van der Waals surface area contributed by atoms with Gasteiger partial charge in [0, 0.05) is 9.13 Å². The standard InChI is InChI=1S/C21H21F3IN3O7/c1-33-17(31)9-16(30)28(34-2)10-11-7-13(21(32)27-35-6-5-29)20(19(24)18(11)23)26-15-4-3-12(25)8-14(15)22/h3-4,7-8,26,29H,5-6,9-10H2,1-2H3,(H,27,32). The van der Waals surface area contributed by atoms with Crippen molar-refractivity contribution in [1.29, 1.82) is 0 Å². The number of carbonyl (C=O) groups is 3. The number of amides is 2. The topological polar surface area (TPSA) is 126 Å². The Morgan fingerprint density at radius 1 is 1.11 bits per heavy atom. The van der Waals surface area contributed by atoms with Crippen LogP contribution in [-0.2, 0) is 30.5 Å². The molecule has 10 nitrogen and oxygen atoms in total. The van der Waals surface area contributed by atoms with Crippen molar-refractivity contribution < 1.29 is 47.1 Å². The lowest BCUT2D eigenvalue weighted by atomic mass is 10.1. The molecule has 2 amide bonds. The second-order valence-corrected chi connectivity index (χ2v) is 7.95. The molecule has 0 bridgehead atoms.